The van der Waals surface area contributed by atoms with Gasteiger partial charge in [0.15, 0.2) is 0 Å². The maximum atomic E-state index is 13.5. The van der Waals surface area contributed by atoms with Crippen LogP contribution in [0.25, 0.3) is 5.82 Å². The number of carbonyl (C=O) groups is 1. The Hall–Kier alpha value is -3.49. The summed E-state index contributed by atoms with van der Waals surface area (Å²) in [5, 5.41) is 7.91. The van der Waals surface area contributed by atoms with E-state index in [1.165, 1.54) is 0 Å². The van der Waals surface area contributed by atoms with E-state index in [1.807, 2.05) is 29.1 Å². The first-order chi connectivity index (χ1) is 13.0. The molecule has 0 saturated heterocycles. The van der Waals surface area contributed by atoms with Gasteiger partial charge in [-0.25, -0.2) is 23.5 Å². The molecule has 0 aliphatic carbocycles. The number of rotatable bonds is 6. The topological polar surface area (TPSA) is 83.9 Å². The van der Waals surface area contributed by atoms with Gasteiger partial charge >= 0.3 is 6.03 Å². The van der Waals surface area contributed by atoms with Gasteiger partial charge in [0.25, 0.3) is 0 Å². The van der Waals surface area contributed by atoms with Crippen molar-refractivity contribution >= 4 is 17.5 Å². The molecule has 7 nitrogen and oxygen atoms in total. The zero-order valence-corrected chi connectivity index (χ0v) is 14.5. The van der Waals surface area contributed by atoms with Crippen LogP contribution in [-0.2, 0) is 0 Å². The third-order valence-corrected chi connectivity index (χ3v) is 3.59. The van der Waals surface area contributed by atoms with E-state index in [9.17, 15) is 13.6 Å². The fourth-order valence-corrected chi connectivity index (χ4v) is 2.39. The van der Waals surface area contributed by atoms with Crippen LogP contribution in [0.5, 0.6) is 0 Å². The van der Waals surface area contributed by atoms with Crippen LogP contribution >= 0.6 is 0 Å². The Morgan fingerprint density at radius 1 is 1.11 bits per heavy atom. The lowest BCUT2D eigenvalue weighted by atomic mass is 10.3. The van der Waals surface area contributed by atoms with Gasteiger partial charge in [-0.05, 0) is 31.2 Å². The van der Waals surface area contributed by atoms with Crippen LogP contribution < -0.4 is 16.0 Å². The molecule has 0 aliphatic rings. The summed E-state index contributed by atoms with van der Waals surface area (Å²) < 4.78 is 28.5. The van der Waals surface area contributed by atoms with Crippen LogP contribution in [0.15, 0.2) is 48.8 Å². The number of hydrogen-bond donors (Lipinski definition) is 3. The minimum Gasteiger partial charge on any atom is -0.368 e. The Morgan fingerprint density at radius 2 is 1.89 bits per heavy atom. The first kappa shape index (κ1) is 18.3. The van der Waals surface area contributed by atoms with Crippen molar-refractivity contribution in [3.8, 4) is 5.82 Å². The molecular weight excluding hydrogens is 354 g/mol. The molecule has 9 heteroatoms. The summed E-state index contributed by atoms with van der Waals surface area (Å²) in [6.45, 7) is 2.43. The highest BCUT2D eigenvalue weighted by Crippen LogP contribution is 2.15. The van der Waals surface area contributed by atoms with Gasteiger partial charge in [-0.1, -0.05) is 0 Å². The van der Waals surface area contributed by atoms with Crippen molar-refractivity contribution < 1.29 is 13.6 Å². The second-order valence-corrected chi connectivity index (χ2v) is 5.68. The highest BCUT2D eigenvalue weighted by molar-refractivity contribution is 5.89. The number of nitrogens with zero attached hydrogens (tertiary/aromatic N) is 3. The van der Waals surface area contributed by atoms with Crippen LogP contribution in [0.4, 0.5) is 25.1 Å². The number of amides is 2. The number of hydrogen-bond acceptors (Lipinski definition) is 4. The molecule has 2 aromatic heterocycles. The molecular formula is C18H18F2N6O. The molecule has 0 unspecified atom stereocenters. The average Bonchev–Trinajstić information content (AvgIpc) is 3.16. The molecule has 2 heterocycles. The van der Waals surface area contributed by atoms with E-state index in [4.69, 9.17) is 0 Å². The predicted molar refractivity (Wildman–Crippen MR) is 98.0 cm³/mol. The van der Waals surface area contributed by atoms with E-state index in [2.05, 4.69) is 25.9 Å². The molecule has 3 aromatic rings. The van der Waals surface area contributed by atoms with Crippen molar-refractivity contribution in [2.75, 3.05) is 23.7 Å². The van der Waals surface area contributed by atoms with Crippen LogP contribution in [0, 0.1) is 18.6 Å². The molecule has 140 valence electrons. The number of aromatic nitrogens is 3. The molecule has 1 aromatic carbocycles. The van der Waals surface area contributed by atoms with E-state index in [-0.39, 0.29) is 12.2 Å². The van der Waals surface area contributed by atoms with Crippen molar-refractivity contribution in [2.45, 2.75) is 6.92 Å². The molecule has 0 bridgehead atoms. The van der Waals surface area contributed by atoms with E-state index < -0.39 is 17.7 Å². The SMILES string of the molecule is Cc1nc(NCCNC(=O)Nc2cc(F)ccc2F)cc(-n2cccc2)n1. The van der Waals surface area contributed by atoms with Crippen LogP contribution in [-0.4, -0.2) is 33.7 Å². The Kier molecular flexibility index (Phi) is 5.60. The first-order valence-corrected chi connectivity index (χ1v) is 8.24. The zero-order valence-electron chi connectivity index (χ0n) is 14.5. The lowest BCUT2D eigenvalue weighted by molar-refractivity contribution is 0.252. The second kappa shape index (κ2) is 8.26. The van der Waals surface area contributed by atoms with E-state index >= 15 is 0 Å². The summed E-state index contributed by atoms with van der Waals surface area (Å²) in [6.07, 6.45) is 3.76. The van der Waals surface area contributed by atoms with Crippen molar-refractivity contribution in [3.63, 3.8) is 0 Å². The first-order valence-electron chi connectivity index (χ1n) is 8.24. The molecule has 0 fully saturated rings. The fourth-order valence-electron chi connectivity index (χ4n) is 2.39. The molecule has 0 spiro atoms. The molecule has 2 amide bonds. The molecule has 27 heavy (non-hydrogen) atoms. The number of nitrogens with one attached hydrogen (secondary N) is 3. The maximum Gasteiger partial charge on any atom is 0.319 e. The van der Waals surface area contributed by atoms with Gasteiger partial charge in [0, 0.05) is 37.6 Å². The number of carbonyl (C=O) groups excluding carboxylic acids is 1. The quantitative estimate of drug-likeness (QED) is 0.581. The average molecular weight is 372 g/mol. The highest BCUT2D eigenvalue weighted by atomic mass is 19.1. The Balaban J connectivity index is 1.50. The number of anilines is 2. The molecule has 0 aliphatic heterocycles. The summed E-state index contributed by atoms with van der Waals surface area (Å²) in [6, 6.07) is 7.80. The van der Waals surface area contributed by atoms with Crippen molar-refractivity contribution in [2.24, 2.45) is 0 Å². The van der Waals surface area contributed by atoms with Crippen molar-refractivity contribution in [3.05, 3.63) is 66.3 Å². The summed E-state index contributed by atoms with van der Waals surface area (Å²) in [7, 11) is 0. The number of benzene rings is 1. The standard InChI is InChI=1S/C18H18F2N6O/c1-12-23-16(11-17(24-12)26-8-2-3-9-26)21-6-7-22-18(27)25-15-10-13(19)4-5-14(15)20/h2-5,8-11H,6-7H2,1H3,(H,21,23,24)(H2,22,25,27). The maximum absolute atomic E-state index is 13.5. The largest absolute Gasteiger partial charge is 0.368 e. The minimum atomic E-state index is -0.710. The third kappa shape index (κ3) is 5.00. The lowest BCUT2D eigenvalue weighted by Gasteiger charge is -2.11. The molecule has 0 atom stereocenters. The zero-order chi connectivity index (χ0) is 19.2. The summed E-state index contributed by atoms with van der Waals surface area (Å²) in [5.74, 6) is 0.604. The van der Waals surface area contributed by atoms with Gasteiger partial charge < -0.3 is 20.5 Å². The molecule has 0 radical (unpaired) electrons. The summed E-state index contributed by atoms with van der Waals surface area (Å²) in [5.41, 5.74) is -0.219. The minimum absolute atomic E-state index is 0.219. The van der Waals surface area contributed by atoms with Gasteiger partial charge in [-0.15, -0.1) is 0 Å². The number of aryl methyl sites for hydroxylation is 1. The van der Waals surface area contributed by atoms with Crippen LogP contribution in [0.2, 0.25) is 0 Å². The van der Waals surface area contributed by atoms with Gasteiger partial charge in [0.1, 0.15) is 29.1 Å². The van der Waals surface area contributed by atoms with Crippen molar-refractivity contribution in [1.82, 2.24) is 19.9 Å². The number of halogens is 2. The summed E-state index contributed by atoms with van der Waals surface area (Å²) in [4.78, 5) is 20.4. The van der Waals surface area contributed by atoms with E-state index in [0.29, 0.717) is 18.2 Å². The van der Waals surface area contributed by atoms with Gasteiger partial charge in [0.05, 0.1) is 5.69 Å². The van der Waals surface area contributed by atoms with Gasteiger partial charge in [0.2, 0.25) is 0 Å². The molecule has 3 N–H and O–H groups in total. The predicted octanol–water partition coefficient (Wildman–Crippen LogP) is 3.09. The van der Waals surface area contributed by atoms with Crippen LogP contribution in [0.3, 0.4) is 0 Å². The van der Waals surface area contributed by atoms with Gasteiger partial charge in [-0.3, -0.25) is 0 Å². The summed E-state index contributed by atoms with van der Waals surface area (Å²) >= 11 is 0. The van der Waals surface area contributed by atoms with Gasteiger partial charge in [-0.2, -0.15) is 0 Å². The fraction of sp³-hybridized carbons (Fsp3) is 0.167. The molecule has 3 rings (SSSR count). The van der Waals surface area contributed by atoms with Crippen molar-refractivity contribution in [1.29, 1.82) is 0 Å². The second-order valence-electron chi connectivity index (χ2n) is 5.68. The van der Waals surface area contributed by atoms with E-state index in [1.54, 1.807) is 13.0 Å². The Labute approximate surface area is 154 Å². The molecule has 0 saturated carbocycles. The third-order valence-electron chi connectivity index (χ3n) is 3.59. The van der Waals surface area contributed by atoms with Crippen LogP contribution in [0.1, 0.15) is 5.82 Å². The lowest BCUT2D eigenvalue weighted by Crippen LogP contribution is -2.33. The highest BCUT2D eigenvalue weighted by Gasteiger charge is 2.08. The Morgan fingerprint density at radius 3 is 2.67 bits per heavy atom. The monoisotopic (exact) mass is 372 g/mol. The Bertz CT molecular complexity index is 930. The number of urea groups is 1. The smallest absolute Gasteiger partial charge is 0.319 e. The normalized spacial score (nSPS) is 10.5. The van der Waals surface area contributed by atoms with E-state index in [0.717, 1.165) is 24.0 Å².